The van der Waals surface area contributed by atoms with Crippen LogP contribution in [0.25, 0.3) is 6.08 Å². The molecule has 2 N–H and O–H groups in total. The number of aryl methyl sites for hydroxylation is 1. The van der Waals surface area contributed by atoms with E-state index in [-0.39, 0.29) is 19.1 Å². The number of aromatic nitrogens is 1. The van der Waals surface area contributed by atoms with Gasteiger partial charge in [-0.1, -0.05) is 41.7 Å². The molecule has 0 aliphatic rings. The van der Waals surface area contributed by atoms with Gasteiger partial charge >= 0.3 is 5.97 Å². The number of amides is 2. The maximum Gasteiger partial charge on any atom is 0.325 e. The molecule has 8 heteroatoms. The lowest BCUT2D eigenvalue weighted by Crippen LogP contribution is -2.30. The van der Waals surface area contributed by atoms with Crippen LogP contribution in [0.15, 0.2) is 36.4 Å². The molecule has 26 heavy (non-hydrogen) atoms. The maximum absolute atomic E-state index is 12.1. The third-order valence-electron chi connectivity index (χ3n) is 3.16. The van der Waals surface area contributed by atoms with Crippen molar-refractivity contribution in [1.82, 2.24) is 10.3 Å². The summed E-state index contributed by atoms with van der Waals surface area (Å²) in [6, 6.07) is 9.41. The number of hydrogen-bond donors (Lipinski definition) is 2. The minimum absolute atomic E-state index is 0.217. The fourth-order valence-electron chi connectivity index (χ4n) is 1.99. The molecule has 1 heterocycles. The van der Waals surface area contributed by atoms with Gasteiger partial charge in [0.25, 0.3) is 5.91 Å². The molecule has 1 aromatic heterocycles. The van der Waals surface area contributed by atoms with Gasteiger partial charge in [-0.2, -0.15) is 0 Å². The number of nitrogens with one attached hydrogen (secondary N) is 2. The van der Waals surface area contributed by atoms with Crippen molar-refractivity contribution in [2.45, 2.75) is 13.8 Å². The number of ether oxygens (including phenoxy) is 1. The molecule has 0 aliphatic heterocycles. The summed E-state index contributed by atoms with van der Waals surface area (Å²) in [6.45, 7) is 3.38. The Balaban J connectivity index is 1.94. The van der Waals surface area contributed by atoms with Crippen molar-refractivity contribution in [3.8, 4) is 0 Å². The van der Waals surface area contributed by atoms with Crippen molar-refractivity contribution in [1.29, 1.82) is 0 Å². The van der Waals surface area contributed by atoms with E-state index in [1.807, 2.05) is 30.3 Å². The zero-order valence-electron chi connectivity index (χ0n) is 14.4. The fraction of sp³-hybridized carbons (Fsp3) is 0.222. The Labute approximate surface area is 155 Å². The molecule has 1 aromatic carbocycles. The summed E-state index contributed by atoms with van der Waals surface area (Å²) >= 11 is 1.04. The quantitative estimate of drug-likeness (QED) is 0.574. The number of rotatable bonds is 7. The highest BCUT2D eigenvalue weighted by atomic mass is 32.1. The summed E-state index contributed by atoms with van der Waals surface area (Å²) in [7, 11) is 0. The molecule has 2 aromatic rings. The van der Waals surface area contributed by atoms with Crippen LogP contribution in [0.3, 0.4) is 0 Å². The molecule has 2 rings (SSSR count). The van der Waals surface area contributed by atoms with E-state index < -0.39 is 11.9 Å². The third kappa shape index (κ3) is 5.82. The molecule has 0 atom stereocenters. The first-order valence-corrected chi connectivity index (χ1v) is 8.76. The Kier molecular flexibility index (Phi) is 7.04. The second-order valence-electron chi connectivity index (χ2n) is 5.15. The van der Waals surface area contributed by atoms with Crippen LogP contribution >= 0.6 is 11.3 Å². The summed E-state index contributed by atoms with van der Waals surface area (Å²) < 4.78 is 4.75. The number of benzene rings is 1. The van der Waals surface area contributed by atoms with Crippen LogP contribution < -0.4 is 10.6 Å². The third-order valence-corrected chi connectivity index (χ3v) is 4.23. The number of anilines is 1. The van der Waals surface area contributed by atoms with Crippen LogP contribution in [0.1, 0.15) is 27.9 Å². The molecule has 136 valence electrons. The highest BCUT2D eigenvalue weighted by Crippen LogP contribution is 2.22. The zero-order valence-corrected chi connectivity index (χ0v) is 15.3. The summed E-state index contributed by atoms with van der Waals surface area (Å²) in [5.74, 6) is -1.29. The Hall–Kier alpha value is -3.00. The molecule has 2 amide bonds. The Morgan fingerprint density at radius 2 is 1.96 bits per heavy atom. The second kappa shape index (κ2) is 9.47. The van der Waals surface area contributed by atoms with E-state index >= 15 is 0 Å². The molecule has 0 spiro atoms. The van der Waals surface area contributed by atoms with Gasteiger partial charge in [-0.05, 0) is 25.5 Å². The van der Waals surface area contributed by atoms with E-state index in [9.17, 15) is 14.4 Å². The molecule has 7 nitrogen and oxygen atoms in total. The van der Waals surface area contributed by atoms with Crippen molar-refractivity contribution in [3.05, 3.63) is 52.5 Å². The first-order valence-electron chi connectivity index (χ1n) is 7.95. The summed E-state index contributed by atoms with van der Waals surface area (Å²) in [6.07, 6.45) is 3.08. The highest BCUT2D eigenvalue weighted by Gasteiger charge is 2.17. The highest BCUT2D eigenvalue weighted by molar-refractivity contribution is 7.17. The number of thiazole rings is 1. The molecule has 0 aliphatic carbocycles. The van der Waals surface area contributed by atoms with Crippen LogP contribution in [0.4, 0.5) is 5.13 Å². The van der Waals surface area contributed by atoms with Gasteiger partial charge in [-0.3, -0.25) is 19.7 Å². The molecule has 0 saturated carbocycles. The van der Waals surface area contributed by atoms with Gasteiger partial charge < -0.3 is 10.1 Å². The monoisotopic (exact) mass is 373 g/mol. The smallest absolute Gasteiger partial charge is 0.325 e. The number of hydrogen-bond acceptors (Lipinski definition) is 6. The summed E-state index contributed by atoms with van der Waals surface area (Å²) in [4.78, 5) is 39.9. The Morgan fingerprint density at radius 3 is 2.65 bits per heavy atom. The summed E-state index contributed by atoms with van der Waals surface area (Å²) in [5, 5.41) is 5.40. The van der Waals surface area contributed by atoms with Gasteiger partial charge in [-0.15, -0.1) is 0 Å². The van der Waals surface area contributed by atoms with E-state index in [2.05, 4.69) is 15.6 Å². The van der Waals surface area contributed by atoms with Gasteiger partial charge in [0.05, 0.1) is 12.3 Å². The van der Waals surface area contributed by atoms with E-state index in [1.165, 1.54) is 6.08 Å². The predicted molar refractivity (Wildman–Crippen MR) is 99.9 cm³/mol. The number of nitrogens with zero attached hydrogens (tertiary/aromatic N) is 1. The van der Waals surface area contributed by atoms with Crippen LogP contribution in [0.5, 0.6) is 0 Å². The van der Waals surface area contributed by atoms with Gasteiger partial charge in [0.2, 0.25) is 5.91 Å². The van der Waals surface area contributed by atoms with Crippen molar-refractivity contribution in [2.24, 2.45) is 0 Å². The molecular weight excluding hydrogens is 354 g/mol. The topological polar surface area (TPSA) is 97.4 Å². The minimum atomic E-state index is -0.511. The largest absolute Gasteiger partial charge is 0.465 e. The summed E-state index contributed by atoms with van der Waals surface area (Å²) in [5.41, 5.74) is 1.37. The molecular formula is C18H19N3O4S. The first kappa shape index (κ1) is 19.3. The molecule has 0 saturated heterocycles. The maximum atomic E-state index is 12.1. The minimum Gasteiger partial charge on any atom is -0.465 e. The normalized spacial score (nSPS) is 10.5. The van der Waals surface area contributed by atoms with Crippen LogP contribution in [0, 0.1) is 6.92 Å². The zero-order chi connectivity index (χ0) is 18.9. The van der Waals surface area contributed by atoms with Gasteiger partial charge in [0.1, 0.15) is 11.4 Å². The van der Waals surface area contributed by atoms with Gasteiger partial charge in [-0.25, -0.2) is 4.98 Å². The van der Waals surface area contributed by atoms with Crippen molar-refractivity contribution in [3.63, 3.8) is 0 Å². The number of esters is 1. The fourth-order valence-corrected chi connectivity index (χ4v) is 2.87. The Morgan fingerprint density at radius 1 is 1.23 bits per heavy atom. The SMILES string of the molecule is CCOC(=O)CNC(=O)c1sc(NC(=O)/C=C/c2ccccc2)nc1C. The van der Waals surface area contributed by atoms with E-state index in [0.717, 1.165) is 16.9 Å². The number of carbonyl (C=O) groups excluding carboxylic acids is 3. The van der Waals surface area contributed by atoms with Gasteiger partial charge in [0, 0.05) is 6.08 Å². The lowest BCUT2D eigenvalue weighted by molar-refractivity contribution is -0.141. The van der Waals surface area contributed by atoms with Crippen molar-refractivity contribution >= 4 is 40.3 Å². The molecule has 0 fully saturated rings. The Bertz CT molecular complexity index is 815. The molecule has 0 bridgehead atoms. The van der Waals surface area contributed by atoms with E-state index in [0.29, 0.717) is 15.7 Å². The average molecular weight is 373 g/mol. The molecule has 0 radical (unpaired) electrons. The first-order chi connectivity index (χ1) is 12.5. The van der Waals surface area contributed by atoms with E-state index in [1.54, 1.807) is 19.9 Å². The van der Waals surface area contributed by atoms with Crippen LogP contribution in [0.2, 0.25) is 0 Å². The average Bonchev–Trinajstić information content (AvgIpc) is 2.99. The lowest BCUT2D eigenvalue weighted by Gasteiger charge is -2.03. The van der Waals surface area contributed by atoms with E-state index in [4.69, 9.17) is 4.74 Å². The second-order valence-corrected chi connectivity index (χ2v) is 6.15. The van der Waals surface area contributed by atoms with Gasteiger partial charge in [0.15, 0.2) is 5.13 Å². The van der Waals surface area contributed by atoms with Crippen LogP contribution in [-0.4, -0.2) is 35.9 Å². The molecule has 0 unspecified atom stereocenters. The predicted octanol–water partition coefficient (Wildman–Crippen LogP) is 2.40. The number of carbonyl (C=O) groups is 3. The van der Waals surface area contributed by atoms with Crippen molar-refractivity contribution < 1.29 is 19.1 Å². The standard InChI is InChI=1S/C18H19N3O4S/c1-3-25-15(23)11-19-17(24)16-12(2)20-18(26-16)21-14(22)10-9-13-7-5-4-6-8-13/h4-10H,3,11H2,1-2H3,(H,19,24)(H,20,21,22)/b10-9+. The van der Waals surface area contributed by atoms with Crippen molar-refractivity contribution in [2.75, 3.05) is 18.5 Å². The lowest BCUT2D eigenvalue weighted by atomic mass is 10.2. The van der Waals surface area contributed by atoms with Crippen LogP contribution in [-0.2, 0) is 14.3 Å².